The number of nitro benzene ring substituents is 1. The number of hydrogen-bond acceptors (Lipinski definition) is 7. The summed E-state index contributed by atoms with van der Waals surface area (Å²) in [5.41, 5.74) is 1.11. The van der Waals surface area contributed by atoms with Gasteiger partial charge in [0.15, 0.2) is 11.5 Å². The van der Waals surface area contributed by atoms with E-state index in [9.17, 15) is 14.9 Å². The van der Waals surface area contributed by atoms with E-state index in [4.69, 9.17) is 9.47 Å². The van der Waals surface area contributed by atoms with E-state index in [0.717, 1.165) is 5.56 Å². The van der Waals surface area contributed by atoms with Gasteiger partial charge in [-0.2, -0.15) is 0 Å². The fraction of sp³-hybridized carbons (Fsp3) is 0.316. The second-order valence-electron chi connectivity index (χ2n) is 6.07. The first-order valence-electron chi connectivity index (χ1n) is 8.49. The molecule has 0 amide bonds. The van der Waals surface area contributed by atoms with E-state index in [2.05, 4.69) is 10.1 Å². The van der Waals surface area contributed by atoms with E-state index >= 15 is 0 Å². The number of nitrogens with one attached hydrogen (secondary N) is 1. The van der Waals surface area contributed by atoms with E-state index in [1.54, 1.807) is 0 Å². The van der Waals surface area contributed by atoms with Crippen LogP contribution in [0.15, 0.2) is 42.5 Å². The Hall–Kier alpha value is -3.13. The molecular weight excluding hydrogens is 352 g/mol. The van der Waals surface area contributed by atoms with Gasteiger partial charge in [0.2, 0.25) is 0 Å². The summed E-state index contributed by atoms with van der Waals surface area (Å²) >= 11 is 0. The van der Waals surface area contributed by atoms with E-state index in [1.807, 2.05) is 30.3 Å². The van der Waals surface area contributed by atoms with Crippen LogP contribution in [0.3, 0.4) is 0 Å². The number of carbonyl (C=O) groups excluding carboxylic acids is 1. The number of ether oxygens (including phenoxy) is 3. The van der Waals surface area contributed by atoms with Crippen molar-refractivity contribution in [3.63, 3.8) is 0 Å². The highest BCUT2D eigenvalue weighted by Crippen LogP contribution is 2.40. The van der Waals surface area contributed by atoms with Gasteiger partial charge < -0.3 is 19.5 Å². The summed E-state index contributed by atoms with van der Waals surface area (Å²) in [5, 5.41) is 14.6. The highest BCUT2D eigenvalue weighted by atomic mass is 16.6. The summed E-state index contributed by atoms with van der Waals surface area (Å²) in [7, 11) is 1.23. The minimum atomic E-state index is -0.584. The third-order valence-corrected chi connectivity index (χ3v) is 4.20. The van der Waals surface area contributed by atoms with E-state index < -0.39 is 10.9 Å². The first kappa shape index (κ1) is 18.7. The summed E-state index contributed by atoms with van der Waals surface area (Å²) in [6.45, 7) is 1.47. The summed E-state index contributed by atoms with van der Waals surface area (Å²) < 4.78 is 16.3. The number of esters is 1. The molecule has 0 saturated carbocycles. The van der Waals surface area contributed by atoms with Crippen LogP contribution in [-0.2, 0) is 22.5 Å². The maximum Gasteiger partial charge on any atom is 0.310 e. The Labute approximate surface area is 156 Å². The summed E-state index contributed by atoms with van der Waals surface area (Å²) in [4.78, 5) is 22.5. The van der Waals surface area contributed by atoms with Crippen molar-refractivity contribution in [1.29, 1.82) is 0 Å². The van der Waals surface area contributed by atoms with Gasteiger partial charge in [0.25, 0.3) is 5.69 Å². The molecule has 1 aliphatic rings. The molecule has 0 saturated heterocycles. The molecule has 0 fully saturated rings. The molecule has 0 spiro atoms. The Morgan fingerprint density at radius 1 is 1.30 bits per heavy atom. The monoisotopic (exact) mass is 372 g/mol. The fourth-order valence-corrected chi connectivity index (χ4v) is 2.85. The van der Waals surface area contributed by atoms with Crippen molar-refractivity contribution in [3.05, 3.63) is 63.7 Å². The van der Waals surface area contributed by atoms with E-state index in [0.29, 0.717) is 25.4 Å². The molecule has 142 valence electrons. The lowest BCUT2D eigenvalue weighted by atomic mass is 10.1. The summed E-state index contributed by atoms with van der Waals surface area (Å²) in [6.07, 6.45) is -0.594. The predicted octanol–water partition coefficient (Wildman–Crippen LogP) is 2.24. The second kappa shape index (κ2) is 8.50. The Morgan fingerprint density at radius 3 is 2.78 bits per heavy atom. The highest BCUT2D eigenvalue weighted by Gasteiger charge is 2.30. The van der Waals surface area contributed by atoms with Crippen LogP contribution in [0.2, 0.25) is 0 Å². The molecule has 2 aromatic rings. The Balaban J connectivity index is 1.73. The lowest BCUT2D eigenvalue weighted by Crippen LogP contribution is -2.38. The van der Waals surface area contributed by atoms with Crippen LogP contribution in [0.1, 0.15) is 11.1 Å². The van der Waals surface area contributed by atoms with Crippen LogP contribution in [0, 0.1) is 10.1 Å². The smallest absolute Gasteiger partial charge is 0.310 e. The van der Waals surface area contributed by atoms with Gasteiger partial charge in [-0.15, -0.1) is 0 Å². The third-order valence-electron chi connectivity index (χ3n) is 4.20. The first-order chi connectivity index (χ1) is 13.1. The Kier molecular flexibility index (Phi) is 5.87. The number of fused-ring (bicyclic) bond motifs is 1. The maximum absolute atomic E-state index is 11.7. The van der Waals surface area contributed by atoms with Crippen LogP contribution in [0.25, 0.3) is 0 Å². The molecule has 1 aliphatic heterocycles. The predicted molar refractivity (Wildman–Crippen MR) is 96.9 cm³/mol. The van der Waals surface area contributed by atoms with Crippen molar-refractivity contribution in [1.82, 2.24) is 5.32 Å². The number of rotatable bonds is 7. The van der Waals surface area contributed by atoms with Gasteiger partial charge in [0.1, 0.15) is 12.7 Å². The van der Waals surface area contributed by atoms with Crippen molar-refractivity contribution < 1.29 is 23.9 Å². The van der Waals surface area contributed by atoms with Gasteiger partial charge in [-0.05, 0) is 11.6 Å². The van der Waals surface area contributed by atoms with Crippen LogP contribution in [0.4, 0.5) is 5.69 Å². The van der Waals surface area contributed by atoms with Crippen LogP contribution < -0.4 is 14.8 Å². The van der Waals surface area contributed by atoms with Gasteiger partial charge >= 0.3 is 5.97 Å². The lowest BCUT2D eigenvalue weighted by molar-refractivity contribution is -0.385. The number of benzene rings is 2. The molecule has 0 radical (unpaired) electrons. The molecule has 1 N–H and O–H groups in total. The molecule has 0 bridgehead atoms. The standard InChI is InChI=1S/C19H20N2O6/c1-25-18(22)9-15-16(21(23)24)7-8-17-19(15)27-14(12-26-17)11-20-10-13-5-3-2-4-6-13/h2-8,14,20H,9-12H2,1H3. The van der Waals surface area contributed by atoms with Gasteiger partial charge in [0.05, 0.1) is 24.0 Å². The van der Waals surface area contributed by atoms with Crippen molar-refractivity contribution >= 4 is 11.7 Å². The van der Waals surface area contributed by atoms with Gasteiger partial charge in [0, 0.05) is 19.2 Å². The molecule has 1 heterocycles. The SMILES string of the molecule is COC(=O)Cc1c([N+](=O)[O-])ccc2c1OC(CNCc1ccccc1)CO2. The molecular formula is C19H20N2O6. The van der Waals surface area contributed by atoms with Crippen LogP contribution in [0.5, 0.6) is 11.5 Å². The molecule has 1 atom stereocenters. The zero-order chi connectivity index (χ0) is 19.2. The summed E-state index contributed by atoms with van der Waals surface area (Å²) in [6, 6.07) is 12.7. The lowest BCUT2D eigenvalue weighted by Gasteiger charge is -2.28. The average molecular weight is 372 g/mol. The highest BCUT2D eigenvalue weighted by molar-refractivity contribution is 5.76. The van der Waals surface area contributed by atoms with E-state index in [-0.39, 0.29) is 29.5 Å². The number of carbonyl (C=O) groups is 1. The molecule has 3 rings (SSSR count). The Morgan fingerprint density at radius 2 is 2.07 bits per heavy atom. The molecule has 2 aromatic carbocycles. The Bertz CT molecular complexity index is 824. The van der Waals surface area contributed by atoms with Gasteiger partial charge in [-0.1, -0.05) is 30.3 Å². The minimum absolute atomic E-state index is 0.164. The quantitative estimate of drug-likeness (QED) is 0.452. The summed E-state index contributed by atoms with van der Waals surface area (Å²) in [5.74, 6) is 0.0330. The first-order valence-corrected chi connectivity index (χ1v) is 8.49. The van der Waals surface area contributed by atoms with E-state index in [1.165, 1.54) is 19.2 Å². The molecule has 8 nitrogen and oxygen atoms in total. The normalized spacial score (nSPS) is 15.2. The zero-order valence-electron chi connectivity index (χ0n) is 14.8. The topological polar surface area (TPSA) is 99.9 Å². The third kappa shape index (κ3) is 4.53. The number of nitro groups is 1. The maximum atomic E-state index is 11.7. The number of nitrogens with zero attached hydrogens (tertiary/aromatic N) is 1. The fourth-order valence-electron chi connectivity index (χ4n) is 2.85. The van der Waals surface area contributed by atoms with Crippen molar-refractivity contribution in [3.8, 4) is 11.5 Å². The molecule has 0 aromatic heterocycles. The van der Waals surface area contributed by atoms with Crippen molar-refractivity contribution in [2.45, 2.75) is 19.1 Å². The number of hydrogen-bond donors (Lipinski definition) is 1. The van der Waals surface area contributed by atoms with Crippen LogP contribution >= 0.6 is 0 Å². The van der Waals surface area contributed by atoms with Gasteiger partial charge in [-0.25, -0.2) is 0 Å². The average Bonchev–Trinajstić information content (AvgIpc) is 2.68. The van der Waals surface area contributed by atoms with Crippen molar-refractivity contribution in [2.24, 2.45) is 0 Å². The largest absolute Gasteiger partial charge is 0.486 e. The molecule has 27 heavy (non-hydrogen) atoms. The number of methoxy groups -OCH3 is 1. The molecule has 1 unspecified atom stereocenters. The van der Waals surface area contributed by atoms with Gasteiger partial charge in [-0.3, -0.25) is 14.9 Å². The molecule has 8 heteroatoms. The minimum Gasteiger partial charge on any atom is -0.486 e. The van der Waals surface area contributed by atoms with Crippen molar-refractivity contribution in [2.75, 3.05) is 20.3 Å². The molecule has 0 aliphatic carbocycles. The second-order valence-corrected chi connectivity index (χ2v) is 6.07. The van der Waals surface area contributed by atoms with Crippen LogP contribution in [-0.4, -0.2) is 37.3 Å². The zero-order valence-corrected chi connectivity index (χ0v) is 14.8.